The summed E-state index contributed by atoms with van der Waals surface area (Å²) in [6, 6.07) is 5.28. The van der Waals surface area contributed by atoms with Crippen molar-refractivity contribution in [3.63, 3.8) is 0 Å². The molecule has 1 aromatic rings. The zero-order valence-corrected chi connectivity index (χ0v) is 8.95. The first-order valence-corrected chi connectivity index (χ1v) is 4.76. The van der Waals surface area contributed by atoms with Gasteiger partial charge in [-0.3, -0.25) is 4.79 Å². The van der Waals surface area contributed by atoms with Crippen LogP contribution >= 0.6 is 0 Å². The molecule has 0 aliphatic rings. The van der Waals surface area contributed by atoms with Crippen molar-refractivity contribution in [1.82, 2.24) is 0 Å². The number of hydrogen-bond donors (Lipinski definition) is 1. The third kappa shape index (κ3) is 2.87. The topological polar surface area (TPSA) is 61.5 Å². The molecule has 0 bridgehead atoms. The number of anilines is 1. The number of benzene rings is 1. The molecule has 0 amide bonds. The van der Waals surface area contributed by atoms with Crippen LogP contribution in [0.2, 0.25) is 0 Å². The van der Waals surface area contributed by atoms with Gasteiger partial charge in [-0.25, -0.2) is 0 Å². The Labute approximate surface area is 89.0 Å². The van der Waals surface area contributed by atoms with E-state index >= 15 is 0 Å². The van der Waals surface area contributed by atoms with Crippen LogP contribution in [0, 0.1) is 0 Å². The van der Waals surface area contributed by atoms with Crippen LogP contribution in [0.5, 0.6) is 5.75 Å². The first-order chi connectivity index (χ1) is 7.19. The largest absolute Gasteiger partial charge is 0.496 e. The van der Waals surface area contributed by atoms with Gasteiger partial charge in [0, 0.05) is 11.3 Å². The van der Waals surface area contributed by atoms with Crippen LogP contribution in [0.1, 0.15) is 12.5 Å². The van der Waals surface area contributed by atoms with E-state index in [4.69, 9.17) is 15.2 Å². The fourth-order valence-corrected chi connectivity index (χ4v) is 1.32. The van der Waals surface area contributed by atoms with Gasteiger partial charge in [-0.05, 0) is 19.1 Å². The molecule has 0 radical (unpaired) electrons. The lowest BCUT2D eigenvalue weighted by molar-refractivity contribution is -0.142. The fraction of sp³-hybridized carbons (Fsp3) is 0.364. The minimum absolute atomic E-state index is 0.143. The predicted octanol–water partition coefficient (Wildman–Crippen LogP) is 1.38. The summed E-state index contributed by atoms with van der Waals surface area (Å²) in [4.78, 5) is 11.3. The average molecular weight is 209 g/mol. The van der Waals surface area contributed by atoms with Crippen molar-refractivity contribution < 1.29 is 14.3 Å². The summed E-state index contributed by atoms with van der Waals surface area (Å²) in [5, 5.41) is 0. The Kier molecular flexibility index (Phi) is 3.97. The van der Waals surface area contributed by atoms with Gasteiger partial charge in [0.25, 0.3) is 0 Å². The monoisotopic (exact) mass is 209 g/mol. The van der Waals surface area contributed by atoms with E-state index in [-0.39, 0.29) is 12.4 Å². The minimum atomic E-state index is -0.297. The Morgan fingerprint density at radius 3 is 2.80 bits per heavy atom. The van der Waals surface area contributed by atoms with Crippen molar-refractivity contribution in [3.05, 3.63) is 23.8 Å². The Morgan fingerprint density at radius 1 is 1.47 bits per heavy atom. The van der Waals surface area contributed by atoms with E-state index in [2.05, 4.69) is 0 Å². The molecule has 2 N–H and O–H groups in total. The summed E-state index contributed by atoms with van der Waals surface area (Å²) in [6.45, 7) is 2.14. The summed E-state index contributed by atoms with van der Waals surface area (Å²) < 4.78 is 9.97. The number of ether oxygens (including phenoxy) is 2. The van der Waals surface area contributed by atoms with Crippen molar-refractivity contribution in [3.8, 4) is 5.75 Å². The molecule has 1 rings (SSSR count). The van der Waals surface area contributed by atoms with Crippen molar-refractivity contribution in [1.29, 1.82) is 0 Å². The zero-order valence-electron chi connectivity index (χ0n) is 8.95. The third-order valence-corrected chi connectivity index (χ3v) is 2.02. The second kappa shape index (κ2) is 5.24. The molecule has 4 nitrogen and oxygen atoms in total. The summed E-state index contributed by atoms with van der Waals surface area (Å²) in [5.74, 6) is 0.316. The van der Waals surface area contributed by atoms with Gasteiger partial charge in [0.2, 0.25) is 0 Å². The normalized spacial score (nSPS) is 9.73. The van der Waals surface area contributed by atoms with E-state index in [1.807, 2.05) is 0 Å². The molecular weight excluding hydrogens is 194 g/mol. The number of methoxy groups -OCH3 is 1. The quantitative estimate of drug-likeness (QED) is 0.601. The molecule has 0 unspecified atom stereocenters. The molecule has 4 heteroatoms. The molecule has 0 saturated heterocycles. The van der Waals surface area contributed by atoms with Gasteiger partial charge in [0.1, 0.15) is 5.75 Å². The number of nitrogens with two attached hydrogens (primary N) is 1. The summed E-state index contributed by atoms with van der Waals surface area (Å²) in [7, 11) is 1.55. The van der Waals surface area contributed by atoms with Crippen molar-refractivity contribution in [2.45, 2.75) is 13.3 Å². The van der Waals surface area contributed by atoms with E-state index in [0.717, 1.165) is 0 Å². The molecule has 0 aliphatic carbocycles. The van der Waals surface area contributed by atoms with Crippen LogP contribution in [0.15, 0.2) is 18.2 Å². The summed E-state index contributed by atoms with van der Waals surface area (Å²) in [6.07, 6.45) is 0.143. The third-order valence-electron chi connectivity index (χ3n) is 2.02. The smallest absolute Gasteiger partial charge is 0.310 e. The molecule has 0 aliphatic heterocycles. The summed E-state index contributed by atoms with van der Waals surface area (Å²) in [5.41, 5.74) is 6.98. The summed E-state index contributed by atoms with van der Waals surface area (Å²) >= 11 is 0. The molecule has 0 atom stereocenters. The number of carbonyl (C=O) groups excluding carboxylic acids is 1. The minimum Gasteiger partial charge on any atom is -0.496 e. The van der Waals surface area contributed by atoms with E-state index in [0.29, 0.717) is 23.6 Å². The lowest BCUT2D eigenvalue weighted by atomic mass is 10.1. The second-order valence-corrected chi connectivity index (χ2v) is 3.01. The predicted molar refractivity (Wildman–Crippen MR) is 57.7 cm³/mol. The standard InChI is InChI=1S/C11H15NO3/c1-3-15-11(13)7-8-9(12)5-4-6-10(8)14-2/h4-6H,3,7,12H2,1-2H3. The highest BCUT2D eigenvalue weighted by atomic mass is 16.5. The highest BCUT2D eigenvalue weighted by Gasteiger charge is 2.12. The Hall–Kier alpha value is -1.71. The number of rotatable bonds is 4. The van der Waals surface area contributed by atoms with Crippen LogP contribution in [0.3, 0.4) is 0 Å². The fourth-order valence-electron chi connectivity index (χ4n) is 1.32. The Balaban J connectivity index is 2.87. The average Bonchev–Trinajstić information content (AvgIpc) is 2.21. The highest BCUT2D eigenvalue weighted by Crippen LogP contribution is 2.24. The number of carbonyl (C=O) groups is 1. The molecule has 15 heavy (non-hydrogen) atoms. The molecule has 0 fully saturated rings. The maximum atomic E-state index is 11.3. The van der Waals surface area contributed by atoms with Crippen LogP contribution in [-0.2, 0) is 16.0 Å². The SMILES string of the molecule is CCOC(=O)Cc1c(N)cccc1OC. The van der Waals surface area contributed by atoms with Crippen molar-refractivity contribution >= 4 is 11.7 Å². The van der Waals surface area contributed by atoms with E-state index < -0.39 is 0 Å². The zero-order chi connectivity index (χ0) is 11.3. The van der Waals surface area contributed by atoms with Gasteiger partial charge in [-0.2, -0.15) is 0 Å². The number of nitrogen functional groups attached to an aromatic ring is 1. The Bertz CT molecular complexity index is 350. The lowest BCUT2D eigenvalue weighted by Gasteiger charge is -2.10. The molecule has 1 aromatic carbocycles. The lowest BCUT2D eigenvalue weighted by Crippen LogP contribution is -2.10. The number of esters is 1. The molecular formula is C11H15NO3. The van der Waals surface area contributed by atoms with Gasteiger partial charge >= 0.3 is 5.97 Å². The number of hydrogen-bond acceptors (Lipinski definition) is 4. The maximum Gasteiger partial charge on any atom is 0.310 e. The second-order valence-electron chi connectivity index (χ2n) is 3.01. The van der Waals surface area contributed by atoms with E-state index in [1.54, 1.807) is 32.2 Å². The van der Waals surface area contributed by atoms with Gasteiger partial charge in [0.05, 0.1) is 20.1 Å². The van der Waals surface area contributed by atoms with E-state index in [9.17, 15) is 4.79 Å². The van der Waals surface area contributed by atoms with Crippen LogP contribution in [-0.4, -0.2) is 19.7 Å². The molecule has 0 heterocycles. The molecule has 0 spiro atoms. The molecule has 0 aromatic heterocycles. The maximum absolute atomic E-state index is 11.3. The van der Waals surface area contributed by atoms with E-state index in [1.165, 1.54) is 0 Å². The van der Waals surface area contributed by atoms with Crippen LogP contribution in [0.4, 0.5) is 5.69 Å². The first-order valence-electron chi connectivity index (χ1n) is 4.76. The van der Waals surface area contributed by atoms with Crippen molar-refractivity contribution in [2.75, 3.05) is 19.5 Å². The molecule has 0 saturated carbocycles. The van der Waals surface area contributed by atoms with Gasteiger partial charge in [-0.1, -0.05) is 6.07 Å². The van der Waals surface area contributed by atoms with Gasteiger partial charge in [-0.15, -0.1) is 0 Å². The highest BCUT2D eigenvalue weighted by molar-refractivity contribution is 5.76. The van der Waals surface area contributed by atoms with Crippen LogP contribution in [0.25, 0.3) is 0 Å². The van der Waals surface area contributed by atoms with Crippen molar-refractivity contribution in [2.24, 2.45) is 0 Å². The molecule has 82 valence electrons. The Morgan fingerprint density at radius 2 is 2.20 bits per heavy atom. The van der Waals surface area contributed by atoms with Crippen LogP contribution < -0.4 is 10.5 Å². The van der Waals surface area contributed by atoms with Gasteiger partial charge in [0.15, 0.2) is 0 Å². The first kappa shape index (κ1) is 11.4. The van der Waals surface area contributed by atoms with Gasteiger partial charge < -0.3 is 15.2 Å².